The van der Waals surface area contributed by atoms with Gasteiger partial charge < -0.3 is 19.9 Å². The van der Waals surface area contributed by atoms with Crippen molar-refractivity contribution < 1.29 is 19.4 Å². The third-order valence-electron chi connectivity index (χ3n) is 4.12. The Balaban J connectivity index is 1.90. The molecule has 2 aromatic rings. The van der Waals surface area contributed by atoms with E-state index < -0.39 is 6.29 Å². The molecular formula is C21H28N4O4. The van der Waals surface area contributed by atoms with Crippen LogP contribution in [0, 0.1) is 0 Å². The molecule has 0 bridgehead atoms. The average molecular weight is 400 g/mol. The maximum atomic E-state index is 12.4. The SMILES string of the molecule is COC(CN(CCCO)CC(=O)Nc1ccc(N=Nc2ccccc2)cc1)OC. The van der Waals surface area contributed by atoms with Gasteiger partial charge in [-0.05, 0) is 42.8 Å². The molecular weight excluding hydrogens is 372 g/mol. The van der Waals surface area contributed by atoms with Gasteiger partial charge in [-0.3, -0.25) is 9.69 Å². The van der Waals surface area contributed by atoms with Gasteiger partial charge in [0.1, 0.15) is 0 Å². The van der Waals surface area contributed by atoms with E-state index in [4.69, 9.17) is 14.6 Å². The van der Waals surface area contributed by atoms with Crippen molar-refractivity contribution in [2.24, 2.45) is 10.2 Å². The first-order valence-corrected chi connectivity index (χ1v) is 9.40. The smallest absolute Gasteiger partial charge is 0.238 e. The zero-order chi connectivity index (χ0) is 20.9. The fourth-order valence-corrected chi connectivity index (χ4v) is 2.61. The summed E-state index contributed by atoms with van der Waals surface area (Å²) in [6, 6.07) is 16.6. The number of anilines is 1. The zero-order valence-corrected chi connectivity index (χ0v) is 16.8. The van der Waals surface area contributed by atoms with Crippen molar-refractivity contribution in [3.8, 4) is 0 Å². The standard InChI is InChI=1S/C21H28N4O4/c1-28-21(29-2)16-25(13-6-14-26)15-20(27)22-17-9-11-19(12-10-17)24-23-18-7-4-3-5-8-18/h3-5,7-12,21,26H,6,13-16H2,1-2H3,(H,22,27). The van der Waals surface area contributed by atoms with Crippen LogP contribution < -0.4 is 5.32 Å². The molecule has 29 heavy (non-hydrogen) atoms. The van der Waals surface area contributed by atoms with Gasteiger partial charge in [0.15, 0.2) is 6.29 Å². The Morgan fingerprint density at radius 3 is 2.24 bits per heavy atom. The zero-order valence-electron chi connectivity index (χ0n) is 16.8. The lowest BCUT2D eigenvalue weighted by Gasteiger charge is -2.25. The van der Waals surface area contributed by atoms with E-state index in [1.54, 1.807) is 38.5 Å². The maximum absolute atomic E-state index is 12.4. The molecule has 2 N–H and O–H groups in total. The van der Waals surface area contributed by atoms with Crippen molar-refractivity contribution in [2.45, 2.75) is 12.7 Å². The van der Waals surface area contributed by atoms with Crippen LogP contribution in [0.2, 0.25) is 0 Å². The Bertz CT molecular complexity index is 749. The van der Waals surface area contributed by atoms with Crippen LogP contribution in [0.3, 0.4) is 0 Å². The second-order valence-corrected chi connectivity index (χ2v) is 6.34. The molecule has 0 aliphatic rings. The van der Waals surface area contributed by atoms with E-state index in [-0.39, 0.29) is 19.1 Å². The van der Waals surface area contributed by atoms with Crippen molar-refractivity contribution in [3.05, 3.63) is 54.6 Å². The minimum absolute atomic E-state index is 0.0573. The minimum Gasteiger partial charge on any atom is -0.396 e. The second-order valence-electron chi connectivity index (χ2n) is 6.34. The van der Waals surface area contributed by atoms with Crippen molar-refractivity contribution in [2.75, 3.05) is 45.8 Å². The van der Waals surface area contributed by atoms with Gasteiger partial charge in [-0.15, -0.1) is 0 Å². The maximum Gasteiger partial charge on any atom is 0.238 e. The number of nitrogens with zero attached hydrogens (tertiary/aromatic N) is 3. The monoisotopic (exact) mass is 400 g/mol. The number of azo groups is 1. The molecule has 1 amide bonds. The normalized spacial score (nSPS) is 11.5. The summed E-state index contributed by atoms with van der Waals surface area (Å²) in [4.78, 5) is 14.3. The topological polar surface area (TPSA) is 95.8 Å². The van der Waals surface area contributed by atoms with E-state index in [2.05, 4.69) is 15.5 Å². The largest absolute Gasteiger partial charge is 0.396 e. The number of nitrogens with one attached hydrogen (secondary N) is 1. The highest BCUT2D eigenvalue weighted by atomic mass is 16.7. The summed E-state index contributed by atoms with van der Waals surface area (Å²) in [7, 11) is 3.10. The molecule has 0 aliphatic heterocycles. The van der Waals surface area contributed by atoms with Crippen LogP contribution >= 0.6 is 0 Å². The summed E-state index contributed by atoms with van der Waals surface area (Å²) in [5.74, 6) is -0.160. The Hall–Kier alpha value is -2.65. The lowest BCUT2D eigenvalue weighted by Crippen LogP contribution is -2.40. The third-order valence-corrected chi connectivity index (χ3v) is 4.12. The number of ether oxygens (including phenoxy) is 2. The first kappa shape index (κ1) is 22.6. The van der Waals surface area contributed by atoms with Crippen LogP contribution in [0.4, 0.5) is 17.1 Å². The lowest BCUT2D eigenvalue weighted by atomic mass is 10.3. The molecule has 0 saturated carbocycles. The molecule has 0 heterocycles. The molecule has 0 atom stereocenters. The predicted molar refractivity (Wildman–Crippen MR) is 112 cm³/mol. The van der Waals surface area contributed by atoms with E-state index >= 15 is 0 Å². The van der Waals surface area contributed by atoms with Gasteiger partial charge >= 0.3 is 0 Å². The van der Waals surface area contributed by atoms with Crippen molar-refractivity contribution >= 4 is 23.0 Å². The first-order valence-electron chi connectivity index (χ1n) is 9.40. The van der Waals surface area contributed by atoms with E-state index in [9.17, 15) is 4.79 Å². The highest BCUT2D eigenvalue weighted by molar-refractivity contribution is 5.92. The van der Waals surface area contributed by atoms with Crippen LogP contribution in [0.25, 0.3) is 0 Å². The summed E-state index contributed by atoms with van der Waals surface area (Å²) >= 11 is 0. The Labute approximate surface area is 171 Å². The summed E-state index contributed by atoms with van der Waals surface area (Å²) < 4.78 is 10.4. The molecule has 0 spiro atoms. The number of aliphatic hydroxyl groups is 1. The Morgan fingerprint density at radius 2 is 1.66 bits per heavy atom. The van der Waals surface area contributed by atoms with E-state index in [1.807, 2.05) is 35.2 Å². The molecule has 8 nitrogen and oxygen atoms in total. The molecule has 0 fully saturated rings. The van der Waals surface area contributed by atoms with Crippen molar-refractivity contribution in [1.29, 1.82) is 0 Å². The molecule has 0 unspecified atom stereocenters. The minimum atomic E-state index is -0.434. The number of benzene rings is 2. The number of aliphatic hydroxyl groups excluding tert-OH is 1. The van der Waals surface area contributed by atoms with Gasteiger partial charge in [-0.2, -0.15) is 10.2 Å². The van der Waals surface area contributed by atoms with Gasteiger partial charge in [-0.1, -0.05) is 18.2 Å². The number of carbonyl (C=O) groups is 1. The number of methoxy groups -OCH3 is 2. The lowest BCUT2D eigenvalue weighted by molar-refractivity contribution is -0.126. The number of carbonyl (C=O) groups excluding carboxylic acids is 1. The molecule has 0 radical (unpaired) electrons. The molecule has 0 saturated heterocycles. The molecule has 2 rings (SSSR count). The van der Waals surface area contributed by atoms with Crippen molar-refractivity contribution in [3.63, 3.8) is 0 Å². The fraction of sp³-hybridized carbons (Fsp3) is 0.381. The summed E-state index contributed by atoms with van der Waals surface area (Å²) in [6.45, 7) is 1.21. The van der Waals surface area contributed by atoms with Gasteiger partial charge in [0.2, 0.25) is 5.91 Å². The van der Waals surface area contributed by atoms with Crippen LogP contribution in [0.1, 0.15) is 6.42 Å². The van der Waals surface area contributed by atoms with Crippen LogP contribution in [-0.2, 0) is 14.3 Å². The molecule has 2 aromatic carbocycles. The molecule has 0 aromatic heterocycles. The fourth-order valence-electron chi connectivity index (χ4n) is 2.61. The summed E-state index contributed by atoms with van der Waals surface area (Å²) in [5.41, 5.74) is 2.14. The van der Waals surface area contributed by atoms with E-state index in [1.165, 1.54) is 0 Å². The van der Waals surface area contributed by atoms with Gasteiger partial charge in [-0.25, -0.2) is 0 Å². The predicted octanol–water partition coefficient (Wildman–Crippen LogP) is 3.34. The summed E-state index contributed by atoms with van der Waals surface area (Å²) in [5, 5.41) is 20.3. The third kappa shape index (κ3) is 8.49. The number of rotatable bonds is 12. The highest BCUT2D eigenvalue weighted by Crippen LogP contribution is 2.20. The Morgan fingerprint density at radius 1 is 1.03 bits per heavy atom. The van der Waals surface area contributed by atoms with E-state index in [0.717, 1.165) is 5.69 Å². The first-order chi connectivity index (χ1) is 14.1. The van der Waals surface area contributed by atoms with Crippen molar-refractivity contribution in [1.82, 2.24) is 4.90 Å². The number of amides is 1. The molecule has 8 heteroatoms. The average Bonchev–Trinajstić information content (AvgIpc) is 2.75. The molecule has 0 aliphatic carbocycles. The van der Waals surface area contributed by atoms with Gasteiger partial charge in [0.25, 0.3) is 0 Å². The van der Waals surface area contributed by atoms with Gasteiger partial charge in [0, 0.05) is 39.6 Å². The van der Waals surface area contributed by atoms with Crippen LogP contribution in [0.5, 0.6) is 0 Å². The highest BCUT2D eigenvalue weighted by Gasteiger charge is 2.16. The molecule has 156 valence electrons. The quantitative estimate of drug-likeness (QED) is 0.421. The van der Waals surface area contributed by atoms with E-state index in [0.29, 0.717) is 30.9 Å². The van der Waals surface area contributed by atoms with Crippen LogP contribution in [0.15, 0.2) is 64.8 Å². The van der Waals surface area contributed by atoms with Gasteiger partial charge in [0.05, 0.1) is 17.9 Å². The number of hydrogen-bond acceptors (Lipinski definition) is 7. The summed E-state index contributed by atoms with van der Waals surface area (Å²) in [6.07, 6.45) is 0.130. The van der Waals surface area contributed by atoms with Crippen LogP contribution in [-0.4, -0.2) is 62.7 Å². The second kappa shape index (κ2) is 12.7. The Kier molecular flexibility index (Phi) is 9.94. The number of hydrogen-bond donors (Lipinski definition) is 2.